The van der Waals surface area contributed by atoms with Crippen LogP contribution in [0.25, 0.3) is 11.1 Å². The fourth-order valence-electron chi connectivity index (χ4n) is 2.55. The van der Waals surface area contributed by atoms with Crippen LogP contribution in [0.2, 0.25) is 0 Å². The maximum absolute atomic E-state index is 11.5. The lowest BCUT2D eigenvalue weighted by molar-refractivity contribution is 0.564. The Morgan fingerprint density at radius 1 is 1.09 bits per heavy atom. The zero-order valence-corrected chi connectivity index (χ0v) is 13.0. The predicted octanol–water partition coefficient (Wildman–Crippen LogP) is 3.17. The smallest absolute Gasteiger partial charge is 0.250 e. The van der Waals surface area contributed by atoms with Crippen molar-refractivity contribution in [3.8, 4) is 11.1 Å². The molecule has 4 nitrogen and oxygen atoms in total. The van der Waals surface area contributed by atoms with Crippen LogP contribution < -0.4 is 5.56 Å². The first kappa shape index (κ1) is 14.3. The summed E-state index contributed by atoms with van der Waals surface area (Å²) in [6, 6.07) is 12.0. The third-order valence-electron chi connectivity index (χ3n) is 3.94. The second-order valence-electron chi connectivity index (χ2n) is 5.67. The number of hydrogen-bond acceptors (Lipinski definition) is 2. The Morgan fingerprint density at radius 2 is 1.91 bits per heavy atom. The molecular formula is C18H19N3O. The summed E-state index contributed by atoms with van der Waals surface area (Å²) in [6.45, 7) is 4.22. The maximum Gasteiger partial charge on any atom is 0.250 e. The zero-order valence-electron chi connectivity index (χ0n) is 13.0. The van der Waals surface area contributed by atoms with Crippen molar-refractivity contribution in [3.63, 3.8) is 0 Å². The van der Waals surface area contributed by atoms with Crippen LogP contribution in [0.5, 0.6) is 0 Å². The van der Waals surface area contributed by atoms with E-state index in [1.165, 1.54) is 11.1 Å². The van der Waals surface area contributed by atoms with E-state index >= 15 is 0 Å². The highest BCUT2D eigenvalue weighted by Gasteiger charge is 2.10. The monoisotopic (exact) mass is 293 g/mol. The van der Waals surface area contributed by atoms with Crippen molar-refractivity contribution >= 4 is 0 Å². The second kappa shape index (κ2) is 5.64. The van der Waals surface area contributed by atoms with Gasteiger partial charge >= 0.3 is 0 Å². The molecule has 1 aromatic carbocycles. The van der Waals surface area contributed by atoms with Crippen LogP contribution in [0, 0.1) is 6.92 Å². The van der Waals surface area contributed by atoms with Gasteiger partial charge in [0.25, 0.3) is 0 Å². The Kier molecular flexibility index (Phi) is 3.67. The summed E-state index contributed by atoms with van der Waals surface area (Å²) in [7, 11) is 1.76. The molecular weight excluding hydrogens is 274 g/mol. The third-order valence-corrected chi connectivity index (χ3v) is 3.94. The number of pyridine rings is 1. The summed E-state index contributed by atoms with van der Waals surface area (Å²) in [5.74, 6) is 0. The minimum Gasteiger partial charge on any atom is -0.318 e. The van der Waals surface area contributed by atoms with Crippen molar-refractivity contribution in [2.75, 3.05) is 0 Å². The molecule has 0 aliphatic carbocycles. The van der Waals surface area contributed by atoms with Gasteiger partial charge in [-0.1, -0.05) is 29.8 Å². The first-order valence-electron chi connectivity index (χ1n) is 7.32. The van der Waals surface area contributed by atoms with Gasteiger partial charge in [0.1, 0.15) is 0 Å². The van der Waals surface area contributed by atoms with Crippen molar-refractivity contribution in [1.82, 2.24) is 14.3 Å². The average molecular weight is 293 g/mol. The summed E-state index contributed by atoms with van der Waals surface area (Å²) >= 11 is 0. The second-order valence-corrected chi connectivity index (χ2v) is 5.67. The largest absolute Gasteiger partial charge is 0.318 e. The number of aromatic nitrogens is 3. The molecule has 22 heavy (non-hydrogen) atoms. The molecule has 0 bridgehead atoms. The molecule has 0 saturated carbocycles. The van der Waals surface area contributed by atoms with Crippen molar-refractivity contribution in [1.29, 1.82) is 0 Å². The topological polar surface area (TPSA) is 39.8 Å². The Labute approximate surface area is 129 Å². The third kappa shape index (κ3) is 2.72. The molecule has 0 aliphatic heterocycles. The molecule has 3 aromatic rings. The van der Waals surface area contributed by atoms with E-state index in [-0.39, 0.29) is 11.6 Å². The van der Waals surface area contributed by atoms with Crippen molar-refractivity contribution < 1.29 is 0 Å². The standard InChI is InChI=1S/C18H19N3O/c1-13-5-4-6-15(9-13)14(2)21-12-17(10-19-21)16-7-8-18(22)20(3)11-16/h4-12,14H,1-3H3. The Hall–Kier alpha value is -2.62. The van der Waals surface area contributed by atoms with Crippen LogP contribution >= 0.6 is 0 Å². The van der Waals surface area contributed by atoms with Crippen molar-refractivity contribution in [2.45, 2.75) is 19.9 Å². The Morgan fingerprint density at radius 3 is 2.64 bits per heavy atom. The highest BCUT2D eigenvalue weighted by atomic mass is 16.1. The Bertz CT molecular complexity index is 861. The van der Waals surface area contributed by atoms with Gasteiger partial charge < -0.3 is 4.57 Å². The number of hydrogen-bond donors (Lipinski definition) is 0. The van der Waals surface area contributed by atoms with Crippen LogP contribution in [-0.4, -0.2) is 14.3 Å². The predicted molar refractivity (Wildman–Crippen MR) is 87.9 cm³/mol. The van der Waals surface area contributed by atoms with Gasteiger partial charge in [-0.05, 0) is 25.5 Å². The number of rotatable bonds is 3. The molecule has 3 rings (SSSR count). The van der Waals surface area contributed by atoms with Crippen LogP contribution in [0.15, 0.2) is 59.8 Å². The molecule has 1 atom stereocenters. The van der Waals surface area contributed by atoms with Crippen molar-refractivity contribution in [3.05, 3.63) is 76.5 Å². The van der Waals surface area contributed by atoms with E-state index in [9.17, 15) is 4.79 Å². The zero-order chi connectivity index (χ0) is 15.7. The summed E-state index contributed by atoms with van der Waals surface area (Å²) in [5.41, 5.74) is 4.47. The van der Waals surface area contributed by atoms with Gasteiger partial charge in [-0.15, -0.1) is 0 Å². The normalized spacial score (nSPS) is 12.3. The van der Waals surface area contributed by atoms with E-state index in [1.54, 1.807) is 17.7 Å². The summed E-state index contributed by atoms with van der Waals surface area (Å²) < 4.78 is 3.53. The Balaban J connectivity index is 1.93. The molecule has 0 spiro atoms. The molecule has 0 saturated heterocycles. The fraction of sp³-hybridized carbons (Fsp3) is 0.222. The first-order chi connectivity index (χ1) is 10.5. The SMILES string of the molecule is Cc1cccc(C(C)n2cc(-c3ccc(=O)n(C)c3)cn2)c1. The van der Waals surface area contributed by atoms with E-state index in [0.29, 0.717) is 0 Å². The number of aryl methyl sites for hydroxylation is 2. The van der Waals surface area contributed by atoms with Gasteiger partial charge in [0.15, 0.2) is 0 Å². The van der Waals surface area contributed by atoms with Crippen LogP contribution in [0.4, 0.5) is 0 Å². The minimum absolute atomic E-state index is 0.00993. The highest BCUT2D eigenvalue weighted by molar-refractivity contribution is 5.60. The molecule has 0 radical (unpaired) electrons. The molecule has 1 unspecified atom stereocenters. The molecule has 0 aliphatic rings. The molecule has 2 aromatic heterocycles. The number of benzene rings is 1. The molecule has 112 valence electrons. The van der Waals surface area contributed by atoms with Crippen LogP contribution in [0.1, 0.15) is 24.1 Å². The fourth-order valence-corrected chi connectivity index (χ4v) is 2.55. The van der Waals surface area contributed by atoms with Gasteiger partial charge in [-0.2, -0.15) is 5.10 Å². The molecule has 0 fully saturated rings. The first-order valence-corrected chi connectivity index (χ1v) is 7.32. The quantitative estimate of drug-likeness (QED) is 0.744. The van der Waals surface area contributed by atoms with E-state index < -0.39 is 0 Å². The van der Waals surface area contributed by atoms with Gasteiger partial charge in [0.2, 0.25) is 5.56 Å². The van der Waals surface area contributed by atoms with Gasteiger partial charge in [0.05, 0.1) is 12.2 Å². The van der Waals surface area contributed by atoms with Crippen LogP contribution in [-0.2, 0) is 7.05 Å². The maximum atomic E-state index is 11.5. The molecule has 0 amide bonds. The van der Waals surface area contributed by atoms with E-state index in [0.717, 1.165) is 11.1 Å². The lowest BCUT2D eigenvalue weighted by atomic mass is 10.1. The van der Waals surface area contributed by atoms with E-state index in [1.807, 2.05) is 29.3 Å². The van der Waals surface area contributed by atoms with Gasteiger partial charge in [-0.3, -0.25) is 9.48 Å². The summed E-state index contributed by atoms with van der Waals surface area (Å²) in [6.07, 6.45) is 5.69. The summed E-state index contributed by atoms with van der Waals surface area (Å²) in [4.78, 5) is 11.5. The molecule has 4 heteroatoms. The molecule has 2 heterocycles. The molecule has 0 N–H and O–H groups in total. The lowest BCUT2D eigenvalue weighted by Gasteiger charge is -2.13. The van der Waals surface area contributed by atoms with E-state index in [4.69, 9.17) is 0 Å². The number of nitrogens with zero attached hydrogens (tertiary/aromatic N) is 3. The highest BCUT2D eigenvalue weighted by Crippen LogP contribution is 2.22. The lowest BCUT2D eigenvalue weighted by Crippen LogP contribution is -2.13. The summed E-state index contributed by atoms with van der Waals surface area (Å²) in [5, 5.41) is 4.48. The van der Waals surface area contributed by atoms with Gasteiger partial charge in [0, 0.05) is 36.6 Å². The van der Waals surface area contributed by atoms with E-state index in [2.05, 4.69) is 43.2 Å². The van der Waals surface area contributed by atoms with Gasteiger partial charge in [-0.25, -0.2) is 0 Å². The van der Waals surface area contributed by atoms with Crippen molar-refractivity contribution in [2.24, 2.45) is 7.05 Å². The average Bonchev–Trinajstić information content (AvgIpc) is 2.99. The minimum atomic E-state index is -0.00993. The van der Waals surface area contributed by atoms with Crippen LogP contribution in [0.3, 0.4) is 0 Å².